The molecule has 134 valence electrons. The van der Waals surface area contributed by atoms with Crippen LogP contribution >= 0.6 is 11.8 Å². The monoisotopic (exact) mass is 362 g/mol. The van der Waals surface area contributed by atoms with Crippen LogP contribution in [0.25, 0.3) is 0 Å². The second kappa shape index (κ2) is 8.24. The summed E-state index contributed by atoms with van der Waals surface area (Å²) in [4.78, 5) is 30.5. The molecule has 2 aromatic heterocycles. The van der Waals surface area contributed by atoms with Crippen molar-refractivity contribution in [1.29, 1.82) is 0 Å². The van der Waals surface area contributed by atoms with Crippen LogP contribution in [0, 0.1) is 5.92 Å². The number of amides is 2. The summed E-state index contributed by atoms with van der Waals surface area (Å²) in [7, 11) is 1.92. The van der Waals surface area contributed by atoms with Gasteiger partial charge in [-0.25, -0.2) is 4.98 Å². The molecule has 2 amide bonds. The molecule has 0 aliphatic carbocycles. The number of piperidine rings is 1. The van der Waals surface area contributed by atoms with Crippen molar-refractivity contribution in [3.8, 4) is 0 Å². The highest BCUT2D eigenvalue weighted by Crippen LogP contribution is 2.19. The van der Waals surface area contributed by atoms with E-state index in [1.165, 1.54) is 24.3 Å². The van der Waals surface area contributed by atoms with Crippen molar-refractivity contribution in [2.24, 2.45) is 13.0 Å². The summed E-state index contributed by atoms with van der Waals surface area (Å²) in [6.45, 7) is 2.04. The SMILES string of the molecule is Cn1ccnc1SCC(=O)N1CCCC(CNC(=O)c2ccoc2)C1. The fourth-order valence-corrected chi connectivity index (χ4v) is 3.73. The van der Waals surface area contributed by atoms with E-state index >= 15 is 0 Å². The van der Waals surface area contributed by atoms with Crippen molar-refractivity contribution >= 4 is 23.6 Å². The molecule has 1 atom stereocenters. The molecular formula is C17H22N4O3S. The van der Waals surface area contributed by atoms with Gasteiger partial charge in [-0.2, -0.15) is 0 Å². The van der Waals surface area contributed by atoms with E-state index in [0.29, 0.717) is 24.4 Å². The van der Waals surface area contributed by atoms with Gasteiger partial charge in [-0.1, -0.05) is 11.8 Å². The third kappa shape index (κ3) is 4.66. The van der Waals surface area contributed by atoms with Gasteiger partial charge in [0.1, 0.15) is 6.26 Å². The first kappa shape index (κ1) is 17.6. The van der Waals surface area contributed by atoms with Crippen molar-refractivity contribution in [3.05, 3.63) is 36.5 Å². The van der Waals surface area contributed by atoms with E-state index in [9.17, 15) is 9.59 Å². The predicted octanol–water partition coefficient (Wildman–Crippen LogP) is 1.77. The molecule has 1 saturated heterocycles. The van der Waals surface area contributed by atoms with Crippen LogP contribution in [-0.4, -0.2) is 51.7 Å². The third-order valence-corrected chi connectivity index (χ3v) is 5.35. The van der Waals surface area contributed by atoms with E-state index in [4.69, 9.17) is 4.42 Å². The minimum atomic E-state index is -0.137. The Morgan fingerprint density at radius 2 is 2.36 bits per heavy atom. The molecule has 1 aliphatic heterocycles. The lowest BCUT2D eigenvalue weighted by atomic mass is 9.98. The number of nitrogens with zero attached hydrogens (tertiary/aromatic N) is 3. The zero-order chi connectivity index (χ0) is 17.6. The molecule has 2 aromatic rings. The van der Waals surface area contributed by atoms with Gasteiger partial charge in [-0.3, -0.25) is 9.59 Å². The van der Waals surface area contributed by atoms with Crippen molar-refractivity contribution in [1.82, 2.24) is 19.8 Å². The van der Waals surface area contributed by atoms with Gasteiger partial charge in [-0.05, 0) is 24.8 Å². The normalized spacial score (nSPS) is 17.5. The highest BCUT2D eigenvalue weighted by molar-refractivity contribution is 7.99. The molecule has 1 fully saturated rings. The number of hydrogen-bond donors (Lipinski definition) is 1. The molecule has 3 heterocycles. The summed E-state index contributed by atoms with van der Waals surface area (Å²) in [6.07, 6.45) is 8.49. The van der Waals surface area contributed by atoms with Crippen LogP contribution in [0.5, 0.6) is 0 Å². The van der Waals surface area contributed by atoms with Gasteiger partial charge in [0.15, 0.2) is 5.16 Å². The Morgan fingerprint density at radius 1 is 1.48 bits per heavy atom. The molecular weight excluding hydrogens is 340 g/mol. The number of aryl methyl sites for hydroxylation is 1. The van der Waals surface area contributed by atoms with Crippen LogP contribution < -0.4 is 5.32 Å². The highest BCUT2D eigenvalue weighted by atomic mass is 32.2. The first-order valence-electron chi connectivity index (χ1n) is 8.32. The number of hydrogen-bond acceptors (Lipinski definition) is 5. The number of likely N-dealkylation sites (tertiary alicyclic amines) is 1. The first-order chi connectivity index (χ1) is 12.1. The minimum Gasteiger partial charge on any atom is -0.472 e. The van der Waals surface area contributed by atoms with Crippen molar-refractivity contribution in [2.75, 3.05) is 25.4 Å². The number of thioether (sulfide) groups is 1. The Balaban J connectivity index is 1.44. The number of carbonyl (C=O) groups is 2. The van der Waals surface area contributed by atoms with Crippen LogP contribution in [0.1, 0.15) is 23.2 Å². The van der Waals surface area contributed by atoms with Gasteiger partial charge in [0, 0.05) is 39.1 Å². The molecule has 7 nitrogen and oxygen atoms in total. The number of imidazole rings is 1. The van der Waals surface area contributed by atoms with Crippen LogP contribution in [0.3, 0.4) is 0 Å². The second-order valence-electron chi connectivity index (χ2n) is 6.18. The summed E-state index contributed by atoms with van der Waals surface area (Å²) in [5.41, 5.74) is 0.523. The highest BCUT2D eigenvalue weighted by Gasteiger charge is 2.24. The Kier molecular flexibility index (Phi) is 5.80. The van der Waals surface area contributed by atoms with Gasteiger partial charge in [0.25, 0.3) is 5.91 Å². The molecule has 1 unspecified atom stereocenters. The maximum absolute atomic E-state index is 12.4. The lowest BCUT2D eigenvalue weighted by molar-refractivity contribution is -0.130. The molecule has 0 saturated carbocycles. The number of rotatable bonds is 6. The van der Waals surface area contributed by atoms with Crippen molar-refractivity contribution in [3.63, 3.8) is 0 Å². The number of aromatic nitrogens is 2. The fraction of sp³-hybridized carbons (Fsp3) is 0.471. The van der Waals surface area contributed by atoms with Gasteiger partial charge < -0.3 is 19.2 Å². The summed E-state index contributed by atoms with van der Waals surface area (Å²) >= 11 is 1.45. The van der Waals surface area contributed by atoms with Crippen molar-refractivity contribution < 1.29 is 14.0 Å². The zero-order valence-corrected chi connectivity index (χ0v) is 15.0. The number of furan rings is 1. The maximum atomic E-state index is 12.4. The fourth-order valence-electron chi connectivity index (χ4n) is 2.90. The molecule has 0 aromatic carbocycles. The smallest absolute Gasteiger partial charge is 0.254 e. The molecule has 0 spiro atoms. The van der Waals surface area contributed by atoms with Crippen LogP contribution in [0.2, 0.25) is 0 Å². The Morgan fingerprint density at radius 3 is 3.08 bits per heavy atom. The topological polar surface area (TPSA) is 80.4 Å². The van der Waals surface area contributed by atoms with Crippen LogP contribution in [-0.2, 0) is 11.8 Å². The molecule has 25 heavy (non-hydrogen) atoms. The van der Waals surface area contributed by atoms with E-state index in [-0.39, 0.29) is 17.7 Å². The quantitative estimate of drug-likeness (QED) is 0.792. The lowest BCUT2D eigenvalue weighted by Gasteiger charge is -2.32. The van der Waals surface area contributed by atoms with Crippen molar-refractivity contribution in [2.45, 2.75) is 18.0 Å². The minimum absolute atomic E-state index is 0.124. The summed E-state index contributed by atoms with van der Waals surface area (Å²) in [5, 5.41) is 3.76. The van der Waals surface area contributed by atoms with E-state index in [1.54, 1.807) is 12.3 Å². The molecule has 0 bridgehead atoms. The molecule has 1 N–H and O–H groups in total. The summed E-state index contributed by atoms with van der Waals surface area (Å²) in [5.74, 6) is 0.659. The molecule has 8 heteroatoms. The predicted molar refractivity (Wildman–Crippen MR) is 94.3 cm³/mol. The average molecular weight is 362 g/mol. The Bertz CT molecular complexity index is 713. The molecule has 3 rings (SSSR count). The first-order valence-corrected chi connectivity index (χ1v) is 9.30. The largest absolute Gasteiger partial charge is 0.472 e. The van der Waals surface area contributed by atoms with E-state index in [2.05, 4.69) is 10.3 Å². The van der Waals surface area contributed by atoms with Gasteiger partial charge in [-0.15, -0.1) is 0 Å². The third-order valence-electron chi connectivity index (χ3n) is 4.31. The molecule has 1 aliphatic rings. The maximum Gasteiger partial charge on any atom is 0.254 e. The lowest BCUT2D eigenvalue weighted by Crippen LogP contribution is -2.44. The summed E-state index contributed by atoms with van der Waals surface area (Å²) in [6, 6.07) is 1.64. The van der Waals surface area contributed by atoms with E-state index < -0.39 is 0 Å². The molecule has 0 radical (unpaired) electrons. The van der Waals surface area contributed by atoms with E-state index in [1.807, 2.05) is 22.7 Å². The van der Waals surface area contributed by atoms with Gasteiger partial charge >= 0.3 is 0 Å². The van der Waals surface area contributed by atoms with Crippen LogP contribution in [0.4, 0.5) is 0 Å². The zero-order valence-electron chi connectivity index (χ0n) is 14.2. The van der Waals surface area contributed by atoms with Crippen LogP contribution in [0.15, 0.2) is 40.6 Å². The van der Waals surface area contributed by atoms with E-state index in [0.717, 1.165) is 24.5 Å². The Labute approximate surface area is 150 Å². The van der Waals surface area contributed by atoms with Gasteiger partial charge in [0.2, 0.25) is 5.91 Å². The summed E-state index contributed by atoms with van der Waals surface area (Å²) < 4.78 is 6.82. The second-order valence-corrected chi connectivity index (χ2v) is 7.12. The Hall–Kier alpha value is -2.22. The number of nitrogens with one attached hydrogen (secondary N) is 1. The average Bonchev–Trinajstić information content (AvgIpc) is 3.30. The standard InChI is InChI=1S/C17H22N4O3S/c1-20-7-5-18-17(20)25-12-15(22)21-6-2-3-13(10-21)9-19-16(23)14-4-8-24-11-14/h4-5,7-8,11,13H,2-3,6,9-10,12H2,1H3,(H,19,23). The van der Waals surface area contributed by atoms with Gasteiger partial charge in [0.05, 0.1) is 17.6 Å². The number of carbonyl (C=O) groups excluding carboxylic acids is 2.